The van der Waals surface area contributed by atoms with Crippen molar-refractivity contribution >= 4 is 28.8 Å². The van der Waals surface area contributed by atoms with Gasteiger partial charge >= 0.3 is 12.1 Å². The van der Waals surface area contributed by atoms with Crippen molar-refractivity contribution in [1.82, 2.24) is 0 Å². The highest BCUT2D eigenvalue weighted by Crippen LogP contribution is 2.31. The molecule has 140 valence electrons. The lowest BCUT2D eigenvalue weighted by molar-refractivity contribution is -0.137. The summed E-state index contributed by atoms with van der Waals surface area (Å²) in [6, 6.07) is 7.69. The number of hydrogen-bond acceptors (Lipinski definition) is 5. The van der Waals surface area contributed by atoms with E-state index in [1.807, 2.05) is 0 Å². The molecule has 0 unspecified atom stereocenters. The molecule has 0 saturated heterocycles. The van der Waals surface area contributed by atoms with Crippen molar-refractivity contribution in [2.45, 2.75) is 6.18 Å². The number of halogens is 3. The molecule has 0 amide bonds. The van der Waals surface area contributed by atoms with Crippen LogP contribution in [0.1, 0.15) is 27.0 Å². The maximum atomic E-state index is 12.7. The molecule has 0 fully saturated rings. The van der Waals surface area contributed by atoms with E-state index in [4.69, 9.17) is 22.0 Å². The van der Waals surface area contributed by atoms with Crippen molar-refractivity contribution in [2.75, 3.05) is 5.73 Å². The fraction of sp³-hybridized carbons (Fsp3) is 0.0556. The van der Waals surface area contributed by atoms with E-state index in [0.29, 0.717) is 11.6 Å². The van der Waals surface area contributed by atoms with E-state index in [2.05, 4.69) is 0 Å². The highest BCUT2D eigenvalue weighted by atomic mass is 19.4. The molecule has 6 nitrogen and oxygen atoms in total. The zero-order valence-corrected chi connectivity index (χ0v) is 13.7. The molecule has 0 aromatic heterocycles. The summed E-state index contributed by atoms with van der Waals surface area (Å²) < 4.78 is 38.0. The second kappa shape index (κ2) is 7.32. The van der Waals surface area contributed by atoms with Crippen LogP contribution in [0.5, 0.6) is 0 Å². The van der Waals surface area contributed by atoms with E-state index in [1.54, 1.807) is 0 Å². The molecule has 0 heterocycles. The van der Waals surface area contributed by atoms with Crippen molar-refractivity contribution in [3.05, 3.63) is 70.8 Å². The quantitative estimate of drug-likeness (QED) is 0.362. The van der Waals surface area contributed by atoms with Gasteiger partial charge in [0.15, 0.2) is 0 Å². The fourth-order valence-electron chi connectivity index (χ4n) is 2.20. The second-order valence-corrected chi connectivity index (χ2v) is 5.52. The number of carbonyl (C=O) groups excluding carboxylic acids is 1. The number of nitrogens with one attached hydrogen (secondary N) is 1. The molecule has 2 rings (SSSR count). The molecule has 0 bridgehead atoms. The zero-order chi connectivity index (χ0) is 20.4. The van der Waals surface area contributed by atoms with Gasteiger partial charge in [-0.2, -0.15) is 13.2 Å². The Hall–Kier alpha value is -3.62. The van der Waals surface area contributed by atoms with Gasteiger partial charge in [-0.1, -0.05) is 18.2 Å². The van der Waals surface area contributed by atoms with E-state index in [9.17, 15) is 22.8 Å². The van der Waals surface area contributed by atoms with Crippen LogP contribution in [-0.2, 0) is 11.0 Å². The summed E-state index contributed by atoms with van der Waals surface area (Å²) in [4.78, 5) is 23.0. The van der Waals surface area contributed by atoms with Gasteiger partial charge in [-0.3, -0.25) is 10.2 Å². The van der Waals surface area contributed by atoms with E-state index in [0.717, 1.165) is 18.2 Å². The third kappa shape index (κ3) is 4.51. The fourth-order valence-corrected chi connectivity index (χ4v) is 2.20. The molecular weight excluding hydrogens is 363 g/mol. The molecule has 0 aliphatic carbocycles. The van der Waals surface area contributed by atoms with Crippen LogP contribution in [0.15, 0.2) is 48.5 Å². The summed E-state index contributed by atoms with van der Waals surface area (Å²) >= 11 is 0. The first-order valence-corrected chi connectivity index (χ1v) is 7.41. The lowest BCUT2D eigenvalue weighted by atomic mass is 10.0. The lowest BCUT2D eigenvalue weighted by Crippen LogP contribution is -2.16. The number of nitrogen functional groups attached to an aromatic ring is 1. The number of carbonyl (C=O) groups is 2. The Morgan fingerprint density at radius 1 is 1.04 bits per heavy atom. The number of alkyl halides is 3. The minimum Gasteiger partial charge on any atom is -0.478 e. The molecule has 2 aromatic carbocycles. The number of anilines is 1. The number of rotatable bonds is 5. The summed E-state index contributed by atoms with van der Waals surface area (Å²) in [7, 11) is 0. The van der Waals surface area contributed by atoms with Crippen molar-refractivity contribution in [3.8, 4) is 0 Å². The summed E-state index contributed by atoms with van der Waals surface area (Å²) in [6.45, 7) is 0. The zero-order valence-electron chi connectivity index (χ0n) is 13.7. The summed E-state index contributed by atoms with van der Waals surface area (Å²) in [5.74, 6) is -1.99. The lowest BCUT2D eigenvalue weighted by Gasteiger charge is -2.10. The van der Waals surface area contributed by atoms with Crippen LogP contribution in [0, 0.1) is 5.41 Å². The molecular formula is C18H14F3N3O3. The average Bonchev–Trinajstić information content (AvgIpc) is 2.60. The van der Waals surface area contributed by atoms with Gasteiger partial charge in [-0.15, -0.1) is 0 Å². The minimum atomic E-state index is -4.59. The van der Waals surface area contributed by atoms with Crippen LogP contribution in [0.3, 0.4) is 0 Å². The Labute approximate surface area is 151 Å². The summed E-state index contributed by atoms with van der Waals surface area (Å²) in [5, 5.41) is 16.7. The molecule has 0 spiro atoms. The second-order valence-electron chi connectivity index (χ2n) is 5.52. The Morgan fingerprint density at radius 3 is 2.07 bits per heavy atom. The van der Waals surface area contributed by atoms with Gasteiger partial charge < -0.3 is 16.6 Å². The number of carboxylic acid groups (broad SMARTS) is 1. The molecule has 0 atom stereocenters. The van der Waals surface area contributed by atoms with Crippen LogP contribution in [0.4, 0.5) is 18.9 Å². The first-order chi connectivity index (χ1) is 12.5. The summed E-state index contributed by atoms with van der Waals surface area (Å²) in [5.41, 5.74) is 9.54. The average molecular weight is 377 g/mol. The van der Waals surface area contributed by atoms with Gasteiger partial charge in [0.2, 0.25) is 5.78 Å². The highest BCUT2D eigenvalue weighted by molar-refractivity contribution is 6.50. The SMILES string of the molecule is N=C(C(=O)/C=C(\N)c1ccc(C(=O)O)cc1)c1ccc(C(F)(F)F)cc1N. The van der Waals surface area contributed by atoms with Crippen molar-refractivity contribution < 1.29 is 27.9 Å². The van der Waals surface area contributed by atoms with Crippen molar-refractivity contribution in [1.29, 1.82) is 5.41 Å². The predicted octanol–water partition coefficient (Wildman–Crippen LogP) is 2.92. The Balaban J connectivity index is 2.25. The molecule has 0 saturated carbocycles. The summed E-state index contributed by atoms with van der Waals surface area (Å²) in [6.07, 6.45) is -3.67. The van der Waals surface area contributed by atoms with Gasteiger partial charge in [0.1, 0.15) is 5.71 Å². The van der Waals surface area contributed by atoms with E-state index >= 15 is 0 Å². The Morgan fingerprint density at radius 2 is 1.59 bits per heavy atom. The molecule has 2 aromatic rings. The number of carboxylic acids is 1. The van der Waals surface area contributed by atoms with E-state index < -0.39 is 29.2 Å². The molecule has 0 radical (unpaired) electrons. The van der Waals surface area contributed by atoms with Gasteiger partial charge in [0, 0.05) is 23.0 Å². The Kier molecular flexibility index (Phi) is 5.34. The third-order valence-corrected chi connectivity index (χ3v) is 3.65. The predicted molar refractivity (Wildman–Crippen MR) is 93.3 cm³/mol. The largest absolute Gasteiger partial charge is 0.478 e. The number of aromatic carboxylic acids is 1. The molecule has 6 N–H and O–H groups in total. The van der Waals surface area contributed by atoms with Crippen LogP contribution >= 0.6 is 0 Å². The number of hydrogen-bond donors (Lipinski definition) is 4. The van der Waals surface area contributed by atoms with Crippen LogP contribution in [0.25, 0.3) is 5.70 Å². The van der Waals surface area contributed by atoms with Crippen LogP contribution in [0.2, 0.25) is 0 Å². The number of nitrogens with two attached hydrogens (primary N) is 2. The smallest absolute Gasteiger partial charge is 0.416 e. The first kappa shape index (κ1) is 19.7. The molecule has 27 heavy (non-hydrogen) atoms. The van der Waals surface area contributed by atoms with E-state index in [1.165, 1.54) is 24.3 Å². The first-order valence-electron chi connectivity index (χ1n) is 7.41. The number of benzene rings is 2. The minimum absolute atomic E-state index is 0.0307. The topological polar surface area (TPSA) is 130 Å². The van der Waals surface area contributed by atoms with Gasteiger partial charge in [0.25, 0.3) is 0 Å². The van der Waals surface area contributed by atoms with Crippen molar-refractivity contribution in [2.24, 2.45) is 5.73 Å². The molecule has 0 aliphatic rings. The molecule has 0 aliphatic heterocycles. The van der Waals surface area contributed by atoms with Gasteiger partial charge in [0.05, 0.1) is 11.1 Å². The van der Waals surface area contributed by atoms with Crippen molar-refractivity contribution in [3.63, 3.8) is 0 Å². The Bertz CT molecular complexity index is 949. The molecule has 9 heteroatoms. The number of allylic oxidation sites excluding steroid dienone is 1. The van der Waals surface area contributed by atoms with E-state index in [-0.39, 0.29) is 22.5 Å². The van der Waals surface area contributed by atoms with Crippen LogP contribution in [-0.4, -0.2) is 22.6 Å². The van der Waals surface area contributed by atoms with Crippen LogP contribution < -0.4 is 11.5 Å². The van der Waals surface area contributed by atoms with Gasteiger partial charge in [-0.05, 0) is 29.8 Å². The number of ketones is 1. The van der Waals surface area contributed by atoms with Gasteiger partial charge in [-0.25, -0.2) is 4.79 Å². The standard InChI is InChI=1S/C18H14F3N3O3/c19-18(20,21)11-5-6-12(14(23)7-11)16(24)15(25)8-13(22)9-1-3-10(4-2-9)17(26)27/h1-8,24H,22-23H2,(H,26,27)/b13-8-,24-16?. The highest BCUT2D eigenvalue weighted by Gasteiger charge is 2.31. The maximum Gasteiger partial charge on any atom is 0.416 e. The maximum absolute atomic E-state index is 12.7. The monoisotopic (exact) mass is 377 g/mol. The third-order valence-electron chi connectivity index (χ3n) is 3.65. The normalized spacial score (nSPS) is 11.9.